The molecule has 0 radical (unpaired) electrons. The maximum atomic E-state index is 12.5. The first kappa shape index (κ1) is 29.4. The molecule has 0 aliphatic heterocycles. The molecule has 200 valence electrons. The zero-order chi connectivity index (χ0) is 27.6. The molecule has 2 amide bonds. The summed E-state index contributed by atoms with van der Waals surface area (Å²) in [5.74, 6) is -3.40. The van der Waals surface area contributed by atoms with Gasteiger partial charge in [-0.15, -0.1) is 0 Å². The maximum Gasteiger partial charge on any atom is 0.317 e. The maximum absolute atomic E-state index is 12.5. The highest BCUT2D eigenvalue weighted by Crippen LogP contribution is 2.13. The van der Waals surface area contributed by atoms with Crippen LogP contribution in [0.15, 0.2) is 53.4 Å². The van der Waals surface area contributed by atoms with Crippen molar-refractivity contribution < 1.29 is 37.8 Å². The zero-order valence-corrected chi connectivity index (χ0v) is 20.9. The van der Waals surface area contributed by atoms with E-state index in [4.69, 9.17) is 5.14 Å². The summed E-state index contributed by atoms with van der Waals surface area (Å²) in [6.07, 6.45) is 0. The van der Waals surface area contributed by atoms with Gasteiger partial charge in [0.25, 0.3) is 0 Å². The Morgan fingerprint density at radius 3 is 1.46 bits per heavy atom. The quantitative estimate of drug-likeness (QED) is 0.219. The van der Waals surface area contributed by atoms with Crippen LogP contribution in [0.25, 0.3) is 0 Å². The molecule has 37 heavy (non-hydrogen) atoms. The summed E-state index contributed by atoms with van der Waals surface area (Å²) in [6, 6.07) is 12.1. The van der Waals surface area contributed by atoms with Gasteiger partial charge in [-0.2, -0.15) is 0 Å². The number of rotatable bonds is 14. The van der Waals surface area contributed by atoms with E-state index in [-0.39, 0.29) is 36.8 Å². The number of carbonyl (C=O) groups is 4. The molecule has 0 bridgehead atoms. The fraction of sp³-hybridized carbons (Fsp3) is 0.304. The Bertz CT molecular complexity index is 1220. The Hall–Kier alpha value is -3.85. The molecule has 0 spiro atoms. The number of hydrogen-bond donors (Lipinski definition) is 5. The molecule has 2 aromatic rings. The Balaban J connectivity index is 1.98. The van der Waals surface area contributed by atoms with E-state index in [0.29, 0.717) is 5.69 Å². The number of aryl methyl sites for hydroxylation is 1. The Morgan fingerprint density at radius 1 is 0.730 bits per heavy atom. The molecule has 6 N–H and O–H groups in total. The van der Waals surface area contributed by atoms with Crippen LogP contribution in [0.4, 0.5) is 11.4 Å². The van der Waals surface area contributed by atoms with Crippen LogP contribution in [-0.4, -0.2) is 91.5 Å². The summed E-state index contributed by atoms with van der Waals surface area (Å²) in [4.78, 5) is 49.9. The highest BCUT2D eigenvalue weighted by molar-refractivity contribution is 7.89. The highest BCUT2D eigenvalue weighted by Gasteiger charge is 2.19. The molecule has 2 aromatic carbocycles. The number of sulfonamides is 1. The number of carboxylic acid groups (broad SMARTS) is 2. The lowest BCUT2D eigenvalue weighted by atomic mass is 10.2. The van der Waals surface area contributed by atoms with Gasteiger partial charge in [0.1, 0.15) is 0 Å². The van der Waals surface area contributed by atoms with Gasteiger partial charge in [0.2, 0.25) is 21.8 Å². The number of anilines is 2. The SMILES string of the molecule is Cc1ccc(NC(=O)CN(CCN(CC(=O)O)CC(=O)Nc2ccc(S(N)(=O)=O)cc2)CC(=O)O)cc1. The van der Waals surface area contributed by atoms with Gasteiger partial charge >= 0.3 is 11.9 Å². The van der Waals surface area contributed by atoms with Gasteiger partial charge < -0.3 is 20.8 Å². The summed E-state index contributed by atoms with van der Waals surface area (Å²) >= 11 is 0. The third kappa shape index (κ3) is 11.2. The van der Waals surface area contributed by atoms with Gasteiger partial charge in [-0.1, -0.05) is 17.7 Å². The van der Waals surface area contributed by atoms with Crippen LogP contribution >= 0.6 is 0 Å². The van der Waals surface area contributed by atoms with Crippen LogP contribution in [0.1, 0.15) is 5.56 Å². The molecule has 0 aromatic heterocycles. The lowest BCUT2D eigenvalue weighted by Gasteiger charge is -2.25. The number of benzene rings is 2. The molecule has 0 saturated heterocycles. The van der Waals surface area contributed by atoms with Crippen LogP contribution in [0.5, 0.6) is 0 Å². The fourth-order valence-corrected chi connectivity index (χ4v) is 3.78. The Kier molecular flexibility index (Phi) is 10.7. The molecule has 0 aliphatic rings. The second-order valence-electron chi connectivity index (χ2n) is 8.24. The average molecular weight is 536 g/mol. The molecule has 14 heteroatoms. The van der Waals surface area contributed by atoms with Crippen LogP contribution in [0.2, 0.25) is 0 Å². The van der Waals surface area contributed by atoms with E-state index in [9.17, 15) is 37.8 Å². The van der Waals surface area contributed by atoms with E-state index in [1.54, 1.807) is 12.1 Å². The van der Waals surface area contributed by atoms with Crippen LogP contribution in [0, 0.1) is 6.92 Å². The minimum atomic E-state index is -3.89. The summed E-state index contributed by atoms with van der Waals surface area (Å²) < 4.78 is 22.7. The van der Waals surface area contributed by atoms with Crippen molar-refractivity contribution in [3.63, 3.8) is 0 Å². The molecule has 2 rings (SSSR count). The summed E-state index contributed by atoms with van der Waals surface area (Å²) in [7, 11) is -3.89. The molecule has 0 fully saturated rings. The van der Waals surface area contributed by atoms with E-state index in [1.807, 2.05) is 19.1 Å². The fourth-order valence-electron chi connectivity index (χ4n) is 3.27. The molecular formula is C23H29N5O8S. The lowest BCUT2D eigenvalue weighted by molar-refractivity contribution is -0.140. The first-order valence-electron chi connectivity index (χ1n) is 11.0. The molecular weight excluding hydrogens is 506 g/mol. The largest absolute Gasteiger partial charge is 0.480 e. The number of primary sulfonamides is 1. The summed E-state index contributed by atoms with van der Waals surface area (Å²) in [5, 5.41) is 28.7. The molecule has 0 unspecified atom stereocenters. The van der Waals surface area contributed by atoms with Crippen LogP contribution in [-0.2, 0) is 29.2 Å². The minimum Gasteiger partial charge on any atom is -0.480 e. The van der Waals surface area contributed by atoms with Crippen molar-refractivity contribution in [3.8, 4) is 0 Å². The normalized spacial score (nSPS) is 11.4. The molecule has 13 nitrogen and oxygen atoms in total. The third-order valence-corrected chi connectivity index (χ3v) is 5.92. The number of nitrogens with zero attached hydrogens (tertiary/aromatic N) is 2. The Morgan fingerprint density at radius 2 is 1.11 bits per heavy atom. The first-order valence-corrected chi connectivity index (χ1v) is 12.5. The second kappa shape index (κ2) is 13.5. The minimum absolute atomic E-state index is 0.00274. The van der Waals surface area contributed by atoms with E-state index in [0.717, 1.165) is 5.56 Å². The first-order chi connectivity index (χ1) is 17.3. The van der Waals surface area contributed by atoms with Gasteiger partial charge in [-0.05, 0) is 43.3 Å². The van der Waals surface area contributed by atoms with Crippen molar-refractivity contribution in [2.45, 2.75) is 11.8 Å². The number of nitrogens with one attached hydrogen (secondary N) is 2. The van der Waals surface area contributed by atoms with Crippen molar-refractivity contribution in [1.29, 1.82) is 0 Å². The van der Waals surface area contributed by atoms with Crippen molar-refractivity contribution >= 4 is 45.2 Å². The average Bonchev–Trinajstić information content (AvgIpc) is 2.77. The smallest absolute Gasteiger partial charge is 0.317 e. The molecule has 0 aliphatic carbocycles. The predicted molar refractivity (Wildman–Crippen MR) is 134 cm³/mol. The van der Waals surface area contributed by atoms with Gasteiger partial charge in [0.15, 0.2) is 0 Å². The number of aliphatic carboxylic acids is 2. The third-order valence-electron chi connectivity index (χ3n) is 4.99. The molecule has 0 atom stereocenters. The number of nitrogens with two attached hydrogens (primary N) is 1. The van der Waals surface area contributed by atoms with Crippen molar-refractivity contribution in [2.24, 2.45) is 5.14 Å². The topological polar surface area (TPSA) is 199 Å². The van der Waals surface area contributed by atoms with Gasteiger partial charge in [-0.3, -0.25) is 29.0 Å². The van der Waals surface area contributed by atoms with Crippen LogP contribution < -0.4 is 15.8 Å². The van der Waals surface area contributed by atoms with Crippen molar-refractivity contribution in [1.82, 2.24) is 9.80 Å². The van der Waals surface area contributed by atoms with E-state index >= 15 is 0 Å². The number of carboxylic acids is 2. The molecule has 0 saturated carbocycles. The monoisotopic (exact) mass is 535 g/mol. The van der Waals surface area contributed by atoms with E-state index in [2.05, 4.69) is 10.6 Å². The zero-order valence-electron chi connectivity index (χ0n) is 20.1. The summed E-state index contributed by atoms with van der Waals surface area (Å²) in [5.41, 5.74) is 1.83. The lowest BCUT2D eigenvalue weighted by Crippen LogP contribution is -2.44. The predicted octanol–water partition coefficient (Wildman–Crippen LogP) is -0.00718. The number of amides is 2. The highest BCUT2D eigenvalue weighted by atomic mass is 32.2. The number of hydrogen-bond acceptors (Lipinski definition) is 8. The van der Waals surface area contributed by atoms with E-state index < -0.39 is 46.9 Å². The summed E-state index contributed by atoms with van der Waals surface area (Å²) in [6.45, 7) is 0.294. The van der Waals surface area contributed by atoms with Crippen molar-refractivity contribution in [3.05, 3.63) is 54.1 Å². The van der Waals surface area contributed by atoms with E-state index in [1.165, 1.54) is 34.1 Å². The molecule has 0 heterocycles. The van der Waals surface area contributed by atoms with Gasteiger partial charge in [0, 0.05) is 24.5 Å². The number of carbonyl (C=O) groups excluding carboxylic acids is 2. The van der Waals surface area contributed by atoms with Gasteiger partial charge in [-0.25, -0.2) is 13.6 Å². The van der Waals surface area contributed by atoms with Gasteiger partial charge in [0.05, 0.1) is 31.1 Å². The van der Waals surface area contributed by atoms with Crippen molar-refractivity contribution in [2.75, 3.05) is 49.9 Å². The standard InChI is InChI=1S/C23H29N5O8S/c1-16-2-4-17(5-3-16)25-20(29)12-27(14-22(31)32)10-11-28(15-23(33)34)13-21(30)26-18-6-8-19(9-7-18)37(24,35)36/h2-9H,10-15H2,1H3,(H,25,29)(H,26,30)(H,31,32)(H,33,34)(H2,24,35,36). The van der Waals surface area contributed by atoms with Crippen LogP contribution in [0.3, 0.4) is 0 Å². The Labute approximate surface area is 213 Å². The second-order valence-corrected chi connectivity index (χ2v) is 9.80.